The first kappa shape index (κ1) is 33.0. The lowest BCUT2D eigenvalue weighted by Gasteiger charge is -2.29. The Kier molecular flexibility index (Phi) is 12.3. The van der Waals surface area contributed by atoms with Crippen molar-refractivity contribution in [2.24, 2.45) is 11.7 Å². The Morgan fingerprint density at radius 2 is 1.55 bits per heavy atom. The number of nitrogens with one attached hydrogen (secondary N) is 2. The summed E-state index contributed by atoms with van der Waals surface area (Å²) in [6, 6.07) is 17.3. The van der Waals surface area contributed by atoms with E-state index >= 15 is 0 Å². The Bertz CT molecular complexity index is 1270. The van der Waals surface area contributed by atoms with Crippen molar-refractivity contribution in [1.82, 2.24) is 15.5 Å². The molecule has 0 spiro atoms. The highest BCUT2D eigenvalue weighted by Crippen LogP contribution is 2.18. The van der Waals surface area contributed by atoms with Gasteiger partial charge in [0.25, 0.3) is 5.01 Å². The molecular weight excluding hydrogens is 550 g/mol. The molecule has 42 heavy (non-hydrogen) atoms. The normalized spacial score (nSPS) is 14.3. The molecule has 5 N–H and O–H groups in total. The number of aromatic nitrogens is 1. The lowest BCUT2D eigenvalue weighted by molar-refractivity contribution is -0.618. The summed E-state index contributed by atoms with van der Waals surface area (Å²) in [5.41, 5.74) is 8.90. The highest BCUT2D eigenvalue weighted by Gasteiger charge is 2.30. The molecular formula is C32H45N5O4S. The van der Waals surface area contributed by atoms with Crippen molar-refractivity contribution in [1.29, 1.82) is 0 Å². The quantitative estimate of drug-likeness (QED) is 0.167. The second kappa shape index (κ2) is 15.7. The van der Waals surface area contributed by atoms with Gasteiger partial charge in [0.2, 0.25) is 11.6 Å². The van der Waals surface area contributed by atoms with Crippen LogP contribution in [0.4, 0.5) is 4.79 Å². The number of aliphatic hydroxyl groups excluding tert-OH is 1. The summed E-state index contributed by atoms with van der Waals surface area (Å²) < 4.78 is 0.883. The van der Waals surface area contributed by atoms with Crippen LogP contribution in [0.5, 0.6) is 0 Å². The average molecular weight is 596 g/mol. The van der Waals surface area contributed by atoms with Gasteiger partial charge in [-0.25, -0.2) is 4.79 Å². The van der Waals surface area contributed by atoms with Crippen LogP contribution in [0.3, 0.4) is 0 Å². The second-order valence-corrected chi connectivity index (χ2v) is 12.5. The van der Waals surface area contributed by atoms with E-state index in [1.165, 1.54) is 16.2 Å². The molecule has 2 aromatic carbocycles. The van der Waals surface area contributed by atoms with Gasteiger partial charge < -0.3 is 31.6 Å². The SMILES string of the molecule is CC(C)c1scc(CN(C)C(=O)N[C@H](C(=O)N[C@@H](Cc2ccccc2)C[C@H](O)[C@@H](N)Cc2ccccc2)C(C)C)[n+]1[O-]. The van der Waals surface area contributed by atoms with Crippen LogP contribution >= 0.6 is 11.3 Å². The molecule has 9 nitrogen and oxygen atoms in total. The summed E-state index contributed by atoms with van der Waals surface area (Å²) in [6.45, 7) is 7.75. The maximum Gasteiger partial charge on any atom is 0.318 e. The number of carbonyl (C=O) groups is 2. The van der Waals surface area contributed by atoms with Gasteiger partial charge in [0.1, 0.15) is 12.6 Å². The first-order chi connectivity index (χ1) is 20.0. The lowest BCUT2D eigenvalue weighted by Crippen LogP contribution is -2.55. The van der Waals surface area contributed by atoms with Gasteiger partial charge >= 0.3 is 6.03 Å². The standard InChI is InChI=1S/C32H45N5O4S/c1-21(2)29(35-32(40)36(5)19-26-20-42-31(22(3)4)37(26)41)30(39)34-25(16-23-12-8-6-9-13-23)18-28(38)27(33)17-24-14-10-7-11-15-24/h6-15,20-22,25,27-29,38H,16-19,33H2,1-5H3,(H,34,39)(H,35,40)/t25-,27-,28-,29-/m0/s1. The average Bonchev–Trinajstić information content (AvgIpc) is 3.32. The molecule has 3 amide bonds. The Morgan fingerprint density at radius 1 is 0.976 bits per heavy atom. The van der Waals surface area contributed by atoms with Crippen LogP contribution in [0, 0.1) is 11.1 Å². The molecule has 0 aliphatic heterocycles. The predicted octanol–water partition coefficient (Wildman–Crippen LogP) is 3.72. The molecule has 0 radical (unpaired) electrons. The highest BCUT2D eigenvalue weighted by molar-refractivity contribution is 7.09. The number of nitrogens with zero attached hydrogens (tertiary/aromatic N) is 2. The van der Waals surface area contributed by atoms with Crippen molar-refractivity contribution in [3.63, 3.8) is 0 Å². The van der Waals surface area contributed by atoms with E-state index in [1.807, 2.05) is 88.4 Å². The first-order valence-corrected chi connectivity index (χ1v) is 15.4. The number of thiazole rings is 1. The number of benzene rings is 2. The van der Waals surface area contributed by atoms with Crippen molar-refractivity contribution in [3.05, 3.63) is 93.1 Å². The minimum absolute atomic E-state index is 0.0876. The fraction of sp³-hybridized carbons (Fsp3) is 0.469. The molecule has 1 heterocycles. The van der Waals surface area contributed by atoms with Gasteiger partial charge in [0, 0.05) is 19.1 Å². The van der Waals surface area contributed by atoms with Crippen molar-refractivity contribution in [2.75, 3.05) is 7.05 Å². The summed E-state index contributed by atoms with van der Waals surface area (Å²) in [4.78, 5) is 28.1. The molecule has 0 aliphatic carbocycles. The third-order valence-corrected chi connectivity index (χ3v) is 8.52. The smallest absolute Gasteiger partial charge is 0.318 e. The zero-order chi connectivity index (χ0) is 30.8. The Labute approximate surface area is 253 Å². The van der Waals surface area contributed by atoms with Crippen LogP contribution < -0.4 is 21.1 Å². The van der Waals surface area contributed by atoms with Gasteiger partial charge in [-0.05, 0) is 36.3 Å². The maximum atomic E-state index is 13.6. The van der Waals surface area contributed by atoms with Crippen LogP contribution in [0.2, 0.25) is 0 Å². The molecule has 3 aromatic rings. The second-order valence-electron chi connectivity index (χ2n) is 11.6. The Morgan fingerprint density at radius 3 is 2.07 bits per heavy atom. The van der Waals surface area contributed by atoms with E-state index in [-0.39, 0.29) is 30.7 Å². The number of aliphatic hydroxyl groups is 1. The van der Waals surface area contributed by atoms with E-state index in [4.69, 9.17) is 5.73 Å². The number of rotatable bonds is 14. The van der Waals surface area contributed by atoms with Gasteiger partial charge in [0.05, 0.1) is 17.4 Å². The number of amides is 3. The van der Waals surface area contributed by atoms with E-state index in [0.29, 0.717) is 23.5 Å². The third-order valence-electron chi connectivity index (χ3n) is 7.25. The van der Waals surface area contributed by atoms with Crippen molar-refractivity contribution in [3.8, 4) is 0 Å². The molecule has 0 fully saturated rings. The topological polar surface area (TPSA) is 135 Å². The minimum atomic E-state index is -0.849. The van der Waals surface area contributed by atoms with Crippen LogP contribution in [0.25, 0.3) is 0 Å². The number of carbonyl (C=O) groups excluding carboxylic acids is 2. The zero-order valence-electron chi connectivity index (χ0n) is 25.2. The minimum Gasteiger partial charge on any atom is -0.618 e. The van der Waals surface area contributed by atoms with E-state index in [9.17, 15) is 19.9 Å². The monoisotopic (exact) mass is 595 g/mol. The molecule has 1 aromatic heterocycles. The highest BCUT2D eigenvalue weighted by atomic mass is 32.1. The molecule has 10 heteroatoms. The third kappa shape index (κ3) is 9.54. The number of hydrogen-bond donors (Lipinski definition) is 4. The van der Waals surface area contributed by atoms with Crippen molar-refractivity contribution < 1.29 is 19.4 Å². The number of urea groups is 1. The van der Waals surface area contributed by atoms with Gasteiger partial charge in [0.15, 0.2) is 0 Å². The molecule has 0 bridgehead atoms. The molecule has 228 valence electrons. The fourth-order valence-electron chi connectivity index (χ4n) is 4.80. The number of nitrogens with two attached hydrogens (primary N) is 1. The van der Waals surface area contributed by atoms with E-state index in [1.54, 1.807) is 12.4 Å². The Balaban J connectivity index is 1.68. The predicted molar refractivity (Wildman–Crippen MR) is 167 cm³/mol. The molecule has 3 rings (SSSR count). The summed E-state index contributed by atoms with van der Waals surface area (Å²) in [6.07, 6.45) is 0.419. The van der Waals surface area contributed by atoms with E-state index in [0.717, 1.165) is 15.9 Å². The molecule has 0 saturated carbocycles. The van der Waals surface area contributed by atoms with Crippen molar-refractivity contribution >= 4 is 23.3 Å². The van der Waals surface area contributed by atoms with Gasteiger partial charge in [-0.3, -0.25) is 4.79 Å². The zero-order valence-corrected chi connectivity index (χ0v) is 26.0. The van der Waals surface area contributed by atoms with Gasteiger partial charge in [-0.2, -0.15) is 4.73 Å². The molecule has 0 saturated heterocycles. The summed E-state index contributed by atoms with van der Waals surface area (Å²) in [5.74, 6) is -0.458. The molecule has 4 atom stereocenters. The summed E-state index contributed by atoms with van der Waals surface area (Å²) in [7, 11) is 1.60. The van der Waals surface area contributed by atoms with Crippen molar-refractivity contribution in [2.45, 2.75) is 83.6 Å². The van der Waals surface area contributed by atoms with Crippen LogP contribution in [0.15, 0.2) is 66.0 Å². The van der Waals surface area contributed by atoms with Gasteiger partial charge in [-0.15, -0.1) is 0 Å². The summed E-state index contributed by atoms with van der Waals surface area (Å²) in [5, 5.41) is 32.0. The van der Waals surface area contributed by atoms with Crippen LogP contribution in [-0.2, 0) is 24.2 Å². The van der Waals surface area contributed by atoms with Crippen LogP contribution in [-0.4, -0.2) is 53.2 Å². The van der Waals surface area contributed by atoms with E-state index < -0.39 is 30.3 Å². The number of hydrogen-bond acceptors (Lipinski definition) is 6. The Hall–Kier alpha value is -3.47. The lowest BCUT2D eigenvalue weighted by atomic mass is 9.93. The molecule has 0 aliphatic rings. The van der Waals surface area contributed by atoms with E-state index in [2.05, 4.69) is 10.6 Å². The maximum absolute atomic E-state index is 13.6. The summed E-state index contributed by atoms with van der Waals surface area (Å²) >= 11 is 1.37. The fourth-order valence-corrected chi connectivity index (χ4v) is 5.71. The van der Waals surface area contributed by atoms with Crippen LogP contribution in [0.1, 0.15) is 61.9 Å². The molecule has 0 unspecified atom stereocenters. The van der Waals surface area contributed by atoms with Gasteiger partial charge in [-0.1, -0.05) is 99.7 Å². The first-order valence-electron chi connectivity index (χ1n) is 14.5. The largest absolute Gasteiger partial charge is 0.618 e.